The van der Waals surface area contributed by atoms with Crippen LogP contribution in [-0.4, -0.2) is 50.0 Å². The van der Waals surface area contributed by atoms with Gasteiger partial charge in [-0.05, 0) is 12.1 Å². The molecule has 1 aromatic heterocycles. The zero-order chi connectivity index (χ0) is 15.0. The molecular weight excluding hydrogens is 274 g/mol. The number of nitrogens with zero attached hydrogens (tertiary/aromatic N) is 4. The number of rotatable bonds is 4. The van der Waals surface area contributed by atoms with Crippen molar-refractivity contribution in [2.24, 2.45) is 7.05 Å². The first kappa shape index (κ1) is 13.3. The van der Waals surface area contributed by atoms with Crippen molar-refractivity contribution in [1.29, 1.82) is 0 Å². The van der Waals surface area contributed by atoms with Gasteiger partial charge in [0.05, 0.1) is 24.4 Å². The van der Waals surface area contributed by atoms with Gasteiger partial charge >= 0.3 is 0 Å². The largest absolute Gasteiger partial charge is 0.395 e. The highest BCUT2D eigenvalue weighted by Crippen LogP contribution is 2.23. The van der Waals surface area contributed by atoms with Gasteiger partial charge in [0.1, 0.15) is 11.2 Å². The summed E-state index contributed by atoms with van der Waals surface area (Å²) in [5.74, 6) is -0.905. The average Bonchev–Trinajstić information content (AvgIpc) is 2.96. The van der Waals surface area contributed by atoms with Crippen molar-refractivity contribution < 1.29 is 14.7 Å². The van der Waals surface area contributed by atoms with Crippen LogP contribution in [0.15, 0.2) is 30.0 Å². The number of aryl methyl sites for hydroxylation is 1. The van der Waals surface area contributed by atoms with Crippen LogP contribution in [0.4, 0.5) is 5.69 Å². The lowest BCUT2D eigenvalue weighted by molar-refractivity contribution is -0.137. The van der Waals surface area contributed by atoms with Gasteiger partial charge in [0.25, 0.3) is 11.8 Å². The van der Waals surface area contributed by atoms with Gasteiger partial charge in [-0.15, -0.1) is 5.10 Å². The predicted molar refractivity (Wildman–Crippen MR) is 74.0 cm³/mol. The van der Waals surface area contributed by atoms with Crippen molar-refractivity contribution in [3.05, 3.63) is 30.0 Å². The van der Waals surface area contributed by atoms with Crippen molar-refractivity contribution in [1.82, 2.24) is 19.9 Å². The SMILES string of the molecule is Cn1nnc2c(NC3=CC(=O)N(CCO)C3=O)cccc21. The number of imide groups is 1. The molecule has 0 atom stereocenters. The van der Waals surface area contributed by atoms with Gasteiger partial charge in [-0.3, -0.25) is 14.5 Å². The van der Waals surface area contributed by atoms with E-state index in [1.807, 2.05) is 6.07 Å². The number of benzene rings is 1. The number of amides is 2. The second kappa shape index (κ2) is 4.98. The highest BCUT2D eigenvalue weighted by atomic mass is 16.3. The summed E-state index contributed by atoms with van der Waals surface area (Å²) in [6.07, 6.45) is 1.22. The van der Waals surface area contributed by atoms with Gasteiger partial charge in [0.15, 0.2) is 0 Å². The Hall–Kier alpha value is -2.74. The van der Waals surface area contributed by atoms with Crippen molar-refractivity contribution in [3.63, 3.8) is 0 Å². The molecule has 2 N–H and O–H groups in total. The van der Waals surface area contributed by atoms with E-state index in [1.165, 1.54) is 6.08 Å². The molecule has 0 radical (unpaired) electrons. The van der Waals surface area contributed by atoms with Crippen molar-refractivity contribution in [2.75, 3.05) is 18.5 Å². The fraction of sp³-hybridized carbons (Fsp3) is 0.231. The number of carbonyl (C=O) groups is 2. The van der Waals surface area contributed by atoms with Crippen LogP contribution in [0, 0.1) is 0 Å². The lowest BCUT2D eigenvalue weighted by atomic mass is 10.2. The van der Waals surface area contributed by atoms with Gasteiger partial charge < -0.3 is 10.4 Å². The summed E-state index contributed by atoms with van der Waals surface area (Å²) in [5, 5.41) is 19.7. The third-order valence-electron chi connectivity index (χ3n) is 3.24. The molecule has 0 saturated carbocycles. The summed E-state index contributed by atoms with van der Waals surface area (Å²) in [4.78, 5) is 24.7. The molecule has 0 unspecified atom stereocenters. The maximum atomic E-state index is 12.1. The molecule has 21 heavy (non-hydrogen) atoms. The molecule has 0 spiro atoms. The van der Waals surface area contributed by atoms with Crippen LogP contribution < -0.4 is 5.32 Å². The molecule has 0 aliphatic carbocycles. The molecule has 2 aromatic rings. The second-order valence-corrected chi connectivity index (χ2v) is 4.59. The lowest BCUT2D eigenvalue weighted by Gasteiger charge is -2.13. The van der Waals surface area contributed by atoms with Gasteiger partial charge in [0.2, 0.25) is 0 Å². The second-order valence-electron chi connectivity index (χ2n) is 4.59. The van der Waals surface area contributed by atoms with E-state index in [0.717, 1.165) is 10.4 Å². The zero-order valence-corrected chi connectivity index (χ0v) is 11.3. The van der Waals surface area contributed by atoms with E-state index in [9.17, 15) is 9.59 Å². The standard InChI is InChI=1S/C13H13N5O3/c1-17-10-4-2-3-8(12(10)15-16-17)14-9-7-11(20)18(5-6-19)13(9)21/h2-4,7,14,19H,5-6H2,1H3. The quantitative estimate of drug-likeness (QED) is 0.744. The van der Waals surface area contributed by atoms with E-state index in [-0.39, 0.29) is 18.8 Å². The highest BCUT2D eigenvalue weighted by molar-refractivity contribution is 6.17. The Kier molecular flexibility index (Phi) is 3.15. The first-order valence-corrected chi connectivity index (χ1v) is 6.35. The molecule has 0 fully saturated rings. The molecule has 1 aromatic carbocycles. The molecule has 1 aliphatic rings. The van der Waals surface area contributed by atoms with Crippen LogP contribution in [0.3, 0.4) is 0 Å². The summed E-state index contributed by atoms with van der Waals surface area (Å²) < 4.78 is 1.62. The number of aromatic nitrogens is 3. The van der Waals surface area contributed by atoms with Crippen LogP contribution in [0.1, 0.15) is 0 Å². The molecule has 2 amide bonds. The van der Waals surface area contributed by atoms with E-state index < -0.39 is 11.8 Å². The number of hydrogen-bond acceptors (Lipinski definition) is 6. The summed E-state index contributed by atoms with van der Waals surface area (Å²) in [5.41, 5.74) is 2.18. The van der Waals surface area contributed by atoms with Gasteiger partial charge in [-0.2, -0.15) is 0 Å². The molecule has 2 heterocycles. The minimum Gasteiger partial charge on any atom is -0.395 e. The predicted octanol–water partition coefficient (Wildman–Crippen LogP) is -0.375. The van der Waals surface area contributed by atoms with E-state index in [1.54, 1.807) is 23.9 Å². The van der Waals surface area contributed by atoms with Crippen LogP contribution in [0.25, 0.3) is 11.0 Å². The topological polar surface area (TPSA) is 100 Å². The van der Waals surface area contributed by atoms with Crippen LogP contribution in [-0.2, 0) is 16.6 Å². The van der Waals surface area contributed by atoms with Crippen LogP contribution >= 0.6 is 0 Å². The van der Waals surface area contributed by atoms with E-state index in [4.69, 9.17) is 5.11 Å². The molecule has 0 saturated heterocycles. The Balaban J connectivity index is 1.91. The molecule has 3 rings (SSSR count). The third-order valence-corrected chi connectivity index (χ3v) is 3.24. The minimum absolute atomic E-state index is 0.0192. The van der Waals surface area contributed by atoms with Crippen molar-refractivity contribution in [2.45, 2.75) is 0 Å². The summed E-state index contributed by atoms with van der Waals surface area (Å²) in [6.45, 7) is -0.285. The van der Waals surface area contributed by atoms with Crippen LogP contribution in [0.5, 0.6) is 0 Å². The summed E-state index contributed by atoms with van der Waals surface area (Å²) in [6, 6.07) is 5.42. The zero-order valence-electron chi connectivity index (χ0n) is 11.3. The van der Waals surface area contributed by atoms with E-state index >= 15 is 0 Å². The number of carbonyl (C=O) groups excluding carboxylic acids is 2. The highest BCUT2D eigenvalue weighted by Gasteiger charge is 2.30. The first-order valence-electron chi connectivity index (χ1n) is 6.35. The lowest BCUT2D eigenvalue weighted by Crippen LogP contribution is -2.34. The molecule has 0 bridgehead atoms. The molecular formula is C13H13N5O3. The molecule has 8 nitrogen and oxygen atoms in total. The number of aliphatic hydroxyl groups excluding tert-OH is 1. The Bertz CT molecular complexity index is 764. The molecule has 8 heteroatoms. The van der Waals surface area contributed by atoms with Crippen molar-refractivity contribution in [3.8, 4) is 0 Å². The van der Waals surface area contributed by atoms with E-state index in [2.05, 4.69) is 15.6 Å². The Labute approximate surface area is 119 Å². The van der Waals surface area contributed by atoms with Crippen LogP contribution in [0.2, 0.25) is 0 Å². The van der Waals surface area contributed by atoms with E-state index in [0.29, 0.717) is 11.2 Å². The fourth-order valence-electron chi connectivity index (χ4n) is 2.21. The van der Waals surface area contributed by atoms with Gasteiger partial charge in [-0.1, -0.05) is 11.3 Å². The number of hydrogen-bond donors (Lipinski definition) is 2. The Morgan fingerprint density at radius 2 is 2.14 bits per heavy atom. The molecule has 108 valence electrons. The fourth-order valence-corrected chi connectivity index (χ4v) is 2.21. The number of anilines is 1. The van der Waals surface area contributed by atoms with Crippen molar-refractivity contribution >= 4 is 28.5 Å². The number of nitrogens with one attached hydrogen (secondary N) is 1. The molecule has 1 aliphatic heterocycles. The Morgan fingerprint density at radius 1 is 1.33 bits per heavy atom. The maximum absolute atomic E-state index is 12.1. The smallest absolute Gasteiger partial charge is 0.277 e. The summed E-state index contributed by atoms with van der Waals surface area (Å²) >= 11 is 0. The third kappa shape index (κ3) is 2.15. The average molecular weight is 287 g/mol. The Morgan fingerprint density at radius 3 is 2.90 bits per heavy atom. The summed E-state index contributed by atoms with van der Waals surface area (Å²) in [7, 11) is 1.77. The normalized spacial score (nSPS) is 15.0. The monoisotopic (exact) mass is 287 g/mol. The number of fused-ring (bicyclic) bond motifs is 1. The first-order chi connectivity index (χ1) is 10.1. The van der Waals surface area contributed by atoms with Gasteiger partial charge in [-0.25, -0.2) is 4.68 Å². The number of aliphatic hydroxyl groups is 1. The number of β-amino-alcohol motifs (C(OH)–C–C–N with tert-alkyl or cyclic N) is 1. The van der Waals surface area contributed by atoms with Gasteiger partial charge in [0, 0.05) is 13.1 Å². The minimum atomic E-state index is -0.463. The maximum Gasteiger partial charge on any atom is 0.277 e.